The lowest BCUT2D eigenvalue weighted by Crippen LogP contribution is -2.46. The Balaban J connectivity index is 2.06. The molecule has 0 saturated heterocycles. The van der Waals surface area contributed by atoms with Gasteiger partial charge in [0.15, 0.2) is 0 Å². The van der Waals surface area contributed by atoms with Crippen LogP contribution in [-0.4, -0.2) is 23.9 Å². The molecule has 0 atom stereocenters. The van der Waals surface area contributed by atoms with E-state index >= 15 is 0 Å². The van der Waals surface area contributed by atoms with Crippen LogP contribution < -0.4 is 11.3 Å². The zero-order valence-corrected chi connectivity index (χ0v) is 10.4. The average molecular weight is 238 g/mol. The van der Waals surface area contributed by atoms with Crippen molar-refractivity contribution in [3.8, 4) is 0 Å². The number of fused-ring (bicyclic) bond motifs is 1. The van der Waals surface area contributed by atoms with Gasteiger partial charge in [0.25, 0.3) is 0 Å². The lowest BCUT2D eigenvalue weighted by molar-refractivity contribution is 0.382. The van der Waals surface area contributed by atoms with Crippen molar-refractivity contribution in [2.24, 2.45) is 10.8 Å². The van der Waals surface area contributed by atoms with Crippen LogP contribution >= 0.6 is 11.3 Å². The molecule has 0 bridgehead atoms. The van der Waals surface area contributed by atoms with E-state index in [4.69, 9.17) is 5.84 Å². The van der Waals surface area contributed by atoms with E-state index in [0.717, 1.165) is 38.4 Å². The number of aliphatic imine (C=N–C) groups is 1. The molecule has 5 heteroatoms. The molecule has 1 aliphatic rings. The second-order valence-corrected chi connectivity index (χ2v) is 4.89. The molecule has 4 nitrogen and oxygen atoms in total. The molecule has 0 amide bonds. The van der Waals surface area contributed by atoms with Crippen molar-refractivity contribution in [2.75, 3.05) is 13.1 Å². The largest absolute Gasteiger partial charge is 0.337 e. The first-order valence-electron chi connectivity index (χ1n) is 5.66. The van der Waals surface area contributed by atoms with Crippen molar-refractivity contribution < 1.29 is 0 Å². The van der Waals surface area contributed by atoms with Crippen molar-refractivity contribution in [3.63, 3.8) is 0 Å². The Bertz CT molecular complexity index is 372. The standard InChI is InChI=1S/C11H18N4S/c1-2-5-13-11(14-12)15-6-3-10-9(8-15)4-7-16-10/h4,7H,2-3,5-6,8,12H2,1H3,(H,13,14). The Kier molecular flexibility index (Phi) is 3.79. The third-order valence-corrected chi connectivity index (χ3v) is 3.74. The summed E-state index contributed by atoms with van der Waals surface area (Å²) in [4.78, 5) is 8.17. The minimum atomic E-state index is 0.818. The predicted molar refractivity (Wildman–Crippen MR) is 68.3 cm³/mol. The van der Waals surface area contributed by atoms with Crippen LogP contribution in [0.3, 0.4) is 0 Å². The van der Waals surface area contributed by atoms with Gasteiger partial charge >= 0.3 is 0 Å². The molecule has 0 fully saturated rings. The van der Waals surface area contributed by atoms with Gasteiger partial charge in [-0.2, -0.15) is 0 Å². The zero-order chi connectivity index (χ0) is 11.4. The highest BCUT2D eigenvalue weighted by Crippen LogP contribution is 2.23. The lowest BCUT2D eigenvalue weighted by Gasteiger charge is -2.29. The number of hydrazine groups is 1. The monoisotopic (exact) mass is 238 g/mol. The quantitative estimate of drug-likeness (QED) is 0.354. The molecule has 0 aromatic carbocycles. The van der Waals surface area contributed by atoms with Crippen LogP contribution in [0.1, 0.15) is 23.8 Å². The summed E-state index contributed by atoms with van der Waals surface area (Å²) in [7, 11) is 0. The molecule has 1 aromatic heterocycles. The number of hydrogen-bond donors (Lipinski definition) is 2. The molecule has 0 aliphatic carbocycles. The third kappa shape index (κ3) is 2.36. The number of rotatable bonds is 2. The van der Waals surface area contributed by atoms with Crippen LogP contribution in [0.2, 0.25) is 0 Å². The van der Waals surface area contributed by atoms with Gasteiger partial charge in [0.1, 0.15) is 0 Å². The fraction of sp³-hybridized carbons (Fsp3) is 0.545. The molecule has 2 rings (SSSR count). The summed E-state index contributed by atoms with van der Waals surface area (Å²) in [6.07, 6.45) is 2.14. The van der Waals surface area contributed by atoms with E-state index in [0.29, 0.717) is 0 Å². The first-order chi connectivity index (χ1) is 7.85. The van der Waals surface area contributed by atoms with Gasteiger partial charge in [0.2, 0.25) is 5.96 Å². The molecule has 1 aromatic rings. The van der Waals surface area contributed by atoms with Gasteiger partial charge in [0.05, 0.1) is 0 Å². The summed E-state index contributed by atoms with van der Waals surface area (Å²) >= 11 is 1.85. The zero-order valence-electron chi connectivity index (χ0n) is 9.57. The van der Waals surface area contributed by atoms with Gasteiger partial charge in [-0.15, -0.1) is 11.3 Å². The first-order valence-corrected chi connectivity index (χ1v) is 6.54. The fourth-order valence-electron chi connectivity index (χ4n) is 1.88. The summed E-state index contributed by atoms with van der Waals surface area (Å²) in [6, 6.07) is 2.19. The second-order valence-electron chi connectivity index (χ2n) is 3.89. The Morgan fingerprint density at radius 2 is 2.56 bits per heavy atom. The van der Waals surface area contributed by atoms with E-state index in [9.17, 15) is 0 Å². The third-order valence-electron chi connectivity index (χ3n) is 2.72. The molecule has 0 spiro atoms. The maximum atomic E-state index is 5.52. The molecular formula is C11H18N4S. The highest BCUT2D eigenvalue weighted by Gasteiger charge is 2.19. The highest BCUT2D eigenvalue weighted by molar-refractivity contribution is 7.10. The van der Waals surface area contributed by atoms with E-state index in [-0.39, 0.29) is 0 Å². The van der Waals surface area contributed by atoms with Crippen molar-refractivity contribution in [3.05, 3.63) is 21.9 Å². The average Bonchev–Trinajstić information content (AvgIpc) is 2.77. The van der Waals surface area contributed by atoms with E-state index < -0.39 is 0 Å². The molecule has 0 unspecified atom stereocenters. The number of thiophene rings is 1. The van der Waals surface area contributed by atoms with Gasteiger partial charge < -0.3 is 4.90 Å². The fourth-order valence-corrected chi connectivity index (χ4v) is 2.77. The molecule has 88 valence electrons. The highest BCUT2D eigenvalue weighted by atomic mass is 32.1. The van der Waals surface area contributed by atoms with Gasteiger partial charge in [-0.1, -0.05) is 6.92 Å². The molecular weight excluding hydrogens is 220 g/mol. The summed E-state index contributed by atoms with van der Waals surface area (Å²) in [5, 5.41) is 2.16. The van der Waals surface area contributed by atoms with E-state index in [2.05, 4.69) is 33.7 Å². The molecule has 3 N–H and O–H groups in total. The minimum absolute atomic E-state index is 0.818. The lowest BCUT2D eigenvalue weighted by atomic mass is 10.1. The minimum Gasteiger partial charge on any atom is -0.337 e. The van der Waals surface area contributed by atoms with Crippen LogP contribution in [0, 0.1) is 0 Å². The number of guanidine groups is 1. The Labute approximate surface area is 100 Å². The van der Waals surface area contributed by atoms with Gasteiger partial charge in [0, 0.05) is 24.5 Å². The maximum Gasteiger partial charge on any atom is 0.208 e. The second kappa shape index (κ2) is 5.32. The van der Waals surface area contributed by atoms with Crippen LogP contribution in [0.15, 0.2) is 16.4 Å². The van der Waals surface area contributed by atoms with Crippen LogP contribution in [0.4, 0.5) is 0 Å². The molecule has 0 saturated carbocycles. The predicted octanol–water partition coefficient (Wildman–Crippen LogP) is 1.34. The van der Waals surface area contributed by atoms with Crippen LogP contribution in [0.5, 0.6) is 0 Å². The normalized spacial score (nSPS) is 16.1. The van der Waals surface area contributed by atoms with Gasteiger partial charge in [-0.3, -0.25) is 10.4 Å². The summed E-state index contributed by atoms with van der Waals surface area (Å²) in [6.45, 7) is 4.86. The molecule has 0 radical (unpaired) electrons. The van der Waals surface area contributed by atoms with E-state index in [1.165, 1.54) is 10.4 Å². The molecule has 16 heavy (non-hydrogen) atoms. The van der Waals surface area contributed by atoms with Crippen molar-refractivity contribution in [1.29, 1.82) is 0 Å². The SMILES string of the molecule is CCCN=C(NN)N1CCc2sccc2C1. The van der Waals surface area contributed by atoms with E-state index in [1.54, 1.807) is 0 Å². The summed E-state index contributed by atoms with van der Waals surface area (Å²) in [5.74, 6) is 6.34. The smallest absolute Gasteiger partial charge is 0.208 e. The Morgan fingerprint density at radius 1 is 1.69 bits per heavy atom. The number of nitrogens with two attached hydrogens (primary N) is 1. The Morgan fingerprint density at radius 3 is 3.31 bits per heavy atom. The summed E-state index contributed by atoms with van der Waals surface area (Å²) in [5.41, 5.74) is 4.12. The van der Waals surface area contributed by atoms with Gasteiger partial charge in [-0.05, 0) is 29.9 Å². The number of hydrogen-bond acceptors (Lipinski definition) is 3. The van der Waals surface area contributed by atoms with Crippen molar-refractivity contribution in [2.45, 2.75) is 26.3 Å². The van der Waals surface area contributed by atoms with E-state index in [1.807, 2.05) is 11.3 Å². The first kappa shape index (κ1) is 11.4. The Hall–Kier alpha value is -1.07. The number of nitrogens with one attached hydrogen (secondary N) is 1. The van der Waals surface area contributed by atoms with Crippen molar-refractivity contribution >= 4 is 17.3 Å². The van der Waals surface area contributed by atoms with Crippen LogP contribution in [0.25, 0.3) is 0 Å². The van der Waals surface area contributed by atoms with Crippen LogP contribution in [-0.2, 0) is 13.0 Å². The topological polar surface area (TPSA) is 53.6 Å². The molecule has 1 aliphatic heterocycles. The maximum absolute atomic E-state index is 5.52. The molecule has 2 heterocycles. The number of nitrogens with zero attached hydrogens (tertiary/aromatic N) is 2. The summed E-state index contributed by atoms with van der Waals surface area (Å²) < 4.78 is 0. The van der Waals surface area contributed by atoms with Crippen molar-refractivity contribution in [1.82, 2.24) is 10.3 Å². The van der Waals surface area contributed by atoms with Gasteiger partial charge in [-0.25, -0.2) is 5.84 Å².